The van der Waals surface area contributed by atoms with Crippen LogP contribution in [0.1, 0.15) is 25.1 Å². The van der Waals surface area contributed by atoms with Crippen LogP contribution in [-0.4, -0.2) is 26.0 Å². The molecule has 0 bridgehead atoms. The number of carbonyl (C=O) groups excluding carboxylic acids is 1. The average molecular weight is 403 g/mol. The highest BCUT2D eigenvalue weighted by Crippen LogP contribution is 2.37. The van der Waals surface area contributed by atoms with E-state index in [0.29, 0.717) is 18.8 Å². The summed E-state index contributed by atoms with van der Waals surface area (Å²) >= 11 is 6.21. The summed E-state index contributed by atoms with van der Waals surface area (Å²) in [6.45, 7) is 0.309. The number of nitrogens with zero attached hydrogens (tertiary/aromatic N) is 3. The molecule has 1 aromatic carbocycles. The minimum absolute atomic E-state index is 0.0884. The molecule has 10 heteroatoms. The van der Waals surface area contributed by atoms with Crippen LogP contribution < -0.4 is 11.0 Å². The van der Waals surface area contributed by atoms with Gasteiger partial charge in [0.2, 0.25) is 5.91 Å². The summed E-state index contributed by atoms with van der Waals surface area (Å²) in [6.07, 6.45) is 3.61. The fourth-order valence-corrected chi connectivity index (χ4v) is 3.78. The second-order valence-corrected chi connectivity index (χ2v) is 7.27. The molecular weight excluding hydrogens is 386 g/mol. The Morgan fingerprint density at radius 3 is 2.92 bits per heavy atom. The maximum absolute atomic E-state index is 12.7. The highest BCUT2D eigenvalue weighted by Gasteiger charge is 2.19. The summed E-state index contributed by atoms with van der Waals surface area (Å²) in [5, 5.41) is 6.90. The standard InChI is InChI=1S/C16H17ClF2N4O2S/c17-10-5-4-6-11(14(10)26-15(18)19)20-13(24)9-23-16(25)22-8-3-1-2-7-12(22)21-23/h4-6,15H,1-3,7-9H2,(H,20,24). The van der Waals surface area contributed by atoms with Crippen LogP contribution in [-0.2, 0) is 24.3 Å². The molecule has 2 heterocycles. The van der Waals surface area contributed by atoms with Gasteiger partial charge in [0, 0.05) is 13.0 Å². The predicted molar refractivity (Wildman–Crippen MR) is 96.0 cm³/mol. The topological polar surface area (TPSA) is 68.9 Å². The van der Waals surface area contributed by atoms with Crippen molar-refractivity contribution >= 4 is 35.0 Å². The minimum atomic E-state index is -2.67. The lowest BCUT2D eigenvalue weighted by atomic mass is 10.2. The largest absolute Gasteiger partial charge is 0.346 e. The summed E-state index contributed by atoms with van der Waals surface area (Å²) in [5.41, 5.74) is -0.146. The zero-order valence-corrected chi connectivity index (χ0v) is 15.3. The monoisotopic (exact) mass is 402 g/mol. The van der Waals surface area contributed by atoms with Gasteiger partial charge in [0.15, 0.2) is 0 Å². The SMILES string of the molecule is O=C(Cn1nc2n(c1=O)CCCCC2)Nc1cccc(Cl)c1SC(F)F. The molecule has 1 N–H and O–H groups in total. The summed E-state index contributed by atoms with van der Waals surface area (Å²) in [5.74, 6) is -2.52. The smallest absolute Gasteiger partial charge is 0.323 e. The number of thioether (sulfide) groups is 1. The molecule has 0 spiro atoms. The lowest BCUT2D eigenvalue weighted by molar-refractivity contribution is -0.117. The van der Waals surface area contributed by atoms with E-state index < -0.39 is 11.7 Å². The Morgan fingerprint density at radius 2 is 2.15 bits per heavy atom. The molecule has 1 amide bonds. The van der Waals surface area contributed by atoms with Crippen LogP contribution in [0.3, 0.4) is 0 Å². The van der Waals surface area contributed by atoms with Crippen molar-refractivity contribution in [1.82, 2.24) is 14.3 Å². The predicted octanol–water partition coefficient (Wildman–Crippen LogP) is 3.38. The molecule has 3 rings (SSSR count). The van der Waals surface area contributed by atoms with Crippen LogP contribution >= 0.6 is 23.4 Å². The van der Waals surface area contributed by atoms with Gasteiger partial charge in [-0.1, -0.05) is 35.9 Å². The molecule has 1 aliphatic rings. The Bertz CT molecular complexity index is 868. The number of halogens is 3. The van der Waals surface area contributed by atoms with E-state index in [1.165, 1.54) is 12.1 Å². The van der Waals surface area contributed by atoms with E-state index in [4.69, 9.17) is 11.6 Å². The minimum Gasteiger partial charge on any atom is -0.323 e. The molecule has 0 saturated heterocycles. The van der Waals surface area contributed by atoms with E-state index >= 15 is 0 Å². The highest BCUT2D eigenvalue weighted by molar-refractivity contribution is 7.99. The van der Waals surface area contributed by atoms with Crippen LogP contribution in [0.25, 0.3) is 0 Å². The second-order valence-electron chi connectivity index (χ2n) is 5.86. The number of nitrogens with one attached hydrogen (secondary N) is 1. The van der Waals surface area contributed by atoms with Crippen molar-refractivity contribution in [3.63, 3.8) is 0 Å². The first-order valence-corrected chi connectivity index (χ1v) is 9.41. The van der Waals surface area contributed by atoms with Gasteiger partial charge in [-0.3, -0.25) is 9.36 Å². The third-order valence-electron chi connectivity index (χ3n) is 4.02. The normalized spacial score (nSPS) is 14.2. The average Bonchev–Trinajstić information content (AvgIpc) is 2.75. The van der Waals surface area contributed by atoms with Gasteiger partial charge in [-0.25, -0.2) is 9.48 Å². The van der Waals surface area contributed by atoms with Crippen LogP contribution in [0.5, 0.6) is 0 Å². The summed E-state index contributed by atoms with van der Waals surface area (Å²) in [6, 6.07) is 4.51. The second kappa shape index (κ2) is 8.22. The van der Waals surface area contributed by atoms with E-state index in [0.717, 1.165) is 23.9 Å². The van der Waals surface area contributed by atoms with E-state index in [9.17, 15) is 18.4 Å². The summed E-state index contributed by atoms with van der Waals surface area (Å²) < 4.78 is 28.1. The van der Waals surface area contributed by atoms with Crippen molar-refractivity contribution in [3.8, 4) is 0 Å². The van der Waals surface area contributed by atoms with Crippen molar-refractivity contribution < 1.29 is 13.6 Å². The molecule has 0 unspecified atom stereocenters. The van der Waals surface area contributed by atoms with Crippen LogP contribution in [0.2, 0.25) is 5.02 Å². The number of amides is 1. The van der Waals surface area contributed by atoms with Crippen LogP contribution in [0.4, 0.5) is 14.5 Å². The fraction of sp³-hybridized carbons (Fsp3) is 0.438. The van der Waals surface area contributed by atoms with Gasteiger partial charge in [-0.05, 0) is 25.0 Å². The first kappa shape index (κ1) is 18.9. The van der Waals surface area contributed by atoms with E-state index in [2.05, 4.69) is 10.4 Å². The molecule has 1 aliphatic heterocycles. The van der Waals surface area contributed by atoms with Crippen LogP contribution in [0.15, 0.2) is 27.9 Å². The van der Waals surface area contributed by atoms with Crippen molar-refractivity contribution in [1.29, 1.82) is 0 Å². The number of hydrogen-bond acceptors (Lipinski definition) is 4. The maximum atomic E-state index is 12.7. The number of anilines is 1. The molecule has 0 fully saturated rings. The zero-order valence-electron chi connectivity index (χ0n) is 13.8. The van der Waals surface area contributed by atoms with E-state index in [1.807, 2.05) is 0 Å². The molecule has 140 valence electrons. The van der Waals surface area contributed by atoms with E-state index in [1.54, 1.807) is 10.6 Å². The lowest BCUT2D eigenvalue weighted by Crippen LogP contribution is -2.30. The number of hydrogen-bond donors (Lipinski definition) is 1. The van der Waals surface area contributed by atoms with Crippen molar-refractivity contribution in [2.75, 3.05) is 5.32 Å². The van der Waals surface area contributed by atoms with Crippen molar-refractivity contribution in [3.05, 3.63) is 39.5 Å². The quantitative estimate of drug-likeness (QED) is 0.778. The molecule has 2 aromatic rings. The van der Waals surface area contributed by atoms with Crippen molar-refractivity contribution in [2.45, 2.75) is 49.4 Å². The Hall–Kier alpha value is -1.87. The van der Waals surface area contributed by atoms with Gasteiger partial charge in [0.25, 0.3) is 5.76 Å². The maximum Gasteiger partial charge on any atom is 0.346 e. The molecule has 0 saturated carbocycles. The number of fused-ring (bicyclic) bond motifs is 1. The summed E-state index contributed by atoms with van der Waals surface area (Å²) in [4.78, 5) is 24.8. The molecule has 1 aromatic heterocycles. The van der Waals surface area contributed by atoms with Gasteiger partial charge < -0.3 is 5.32 Å². The Labute approximate surface area is 157 Å². The highest BCUT2D eigenvalue weighted by atomic mass is 35.5. The number of alkyl halides is 2. The number of rotatable bonds is 5. The third-order valence-corrected chi connectivity index (χ3v) is 5.30. The number of aromatic nitrogens is 3. The number of carbonyl (C=O) groups is 1. The zero-order chi connectivity index (χ0) is 18.7. The molecule has 0 aliphatic carbocycles. The molecule has 0 atom stereocenters. The van der Waals surface area contributed by atoms with Gasteiger partial charge in [0.1, 0.15) is 12.4 Å². The third kappa shape index (κ3) is 4.27. The Morgan fingerprint density at radius 1 is 1.35 bits per heavy atom. The summed E-state index contributed by atoms with van der Waals surface area (Å²) in [7, 11) is 0. The Balaban J connectivity index is 1.76. The first-order valence-electron chi connectivity index (χ1n) is 8.15. The van der Waals surface area contributed by atoms with E-state index in [-0.39, 0.29) is 39.6 Å². The first-order chi connectivity index (χ1) is 12.5. The number of aryl methyl sites for hydroxylation is 1. The molecule has 6 nitrogen and oxygen atoms in total. The van der Waals surface area contributed by atoms with Gasteiger partial charge >= 0.3 is 5.69 Å². The van der Waals surface area contributed by atoms with Gasteiger partial charge in [-0.15, -0.1) is 0 Å². The fourth-order valence-electron chi connectivity index (χ4n) is 2.87. The molecule has 26 heavy (non-hydrogen) atoms. The van der Waals surface area contributed by atoms with Crippen molar-refractivity contribution in [2.24, 2.45) is 0 Å². The molecular formula is C16H17ClF2N4O2S. The lowest BCUT2D eigenvalue weighted by Gasteiger charge is -2.11. The molecule has 0 radical (unpaired) electrons. The van der Waals surface area contributed by atoms with Gasteiger partial charge in [0.05, 0.1) is 15.6 Å². The number of benzene rings is 1. The van der Waals surface area contributed by atoms with Gasteiger partial charge in [-0.2, -0.15) is 13.9 Å². The van der Waals surface area contributed by atoms with Crippen LogP contribution in [0, 0.1) is 0 Å². The Kier molecular flexibility index (Phi) is 5.98.